The molecule has 26 heavy (non-hydrogen) atoms. The summed E-state index contributed by atoms with van der Waals surface area (Å²) >= 11 is 6.13. The van der Waals surface area contributed by atoms with Crippen molar-refractivity contribution in [1.29, 1.82) is 0 Å². The van der Waals surface area contributed by atoms with Crippen LogP contribution in [0.3, 0.4) is 0 Å². The maximum Gasteiger partial charge on any atom is 0.226 e. The van der Waals surface area contributed by atoms with Crippen LogP contribution in [0.15, 0.2) is 67.0 Å². The molecule has 134 valence electrons. The Morgan fingerprint density at radius 1 is 1.15 bits per heavy atom. The molecule has 1 N–H and O–H groups in total. The van der Waals surface area contributed by atoms with Crippen LogP contribution in [-0.2, 0) is 4.79 Å². The molecule has 1 amide bonds. The maximum atomic E-state index is 12.6. The summed E-state index contributed by atoms with van der Waals surface area (Å²) in [6, 6.07) is 17.3. The number of nitrogens with one attached hydrogen (secondary N) is 1. The predicted octanol–water partition coefficient (Wildman–Crippen LogP) is 5.08. The summed E-state index contributed by atoms with van der Waals surface area (Å²) < 4.78 is 7.19. The fraction of sp³-hybridized carbons (Fsp3) is 0.190. The first-order valence-corrected chi connectivity index (χ1v) is 8.77. The van der Waals surface area contributed by atoms with Crippen LogP contribution in [-0.4, -0.2) is 17.6 Å². The van der Waals surface area contributed by atoms with Crippen LogP contribution in [0.1, 0.15) is 23.6 Å². The van der Waals surface area contributed by atoms with Crippen LogP contribution in [0, 0.1) is 6.92 Å². The molecule has 0 bridgehead atoms. The van der Waals surface area contributed by atoms with Crippen LogP contribution < -0.4 is 10.1 Å². The van der Waals surface area contributed by atoms with Crippen molar-refractivity contribution in [1.82, 2.24) is 4.57 Å². The number of hydrogen-bond donors (Lipinski definition) is 1. The molecule has 1 heterocycles. The van der Waals surface area contributed by atoms with Crippen LogP contribution in [0.4, 0.5) is 5.69 Å². The Balaban J connectivity index is 1.79. The van der Waals surface area contributed by atoms with Gasteiger partial charge in [0.2, 0.25) is 5.91 Å². The number of rotatable bonds is 6. The van der Waals surface area contributed by atoms with E-state index >= 15 is 0 Å². The number of hydrogen-bond acceptors (Lipinski definition) is 2. The fourth-order valence-electron chi connectivity index (χ4n) is 2.96. The summed E-state index contributed by atoms with van der Waals surface area (Å²) in [5.41, 5.74) is 2.92. The summed E-state index contributed by atoms with van der Waals surface area (Å²) in [6.45, 7) is 2.05. The summed E-state index contributed by atoms with van der Waals surface area (Å²) in [4.78, 5) is 12.6. The molecule has 5 heteroatoms. The number of aromatic nitrogens is 1. The molecule has 0 fully saturated rings. The molecule has 0 radical (unpaired) electrons. The van der Waals surface area contributed by atoms with E-state index < -0.39 is 0 Å². The summed E-state index contributed by atoms with van der Waals surface area (Å²) in [5, 5.41) is 3.38. The van der Waals surface area contributed by atoms with Gasteiger partial charge in [0.25, 0.3) is 0 Å². The highest BCUT2D eigenvalue weighted by Crippen LogP contribution is 2.28. The molecule has 3 rings (SSSR count). The topological polar surface area (TPSA) is 43.3 Å². The van der Waals surface area contributed by atoms with Crippen LogP contribution in [0.25, 0.3) is 0 Å². The largest absolute Gasteiger partial charge is 0.495 e. The SMILES string of the molecule is COc1ccc(NC(=O)C[C@H](c2cccc(C)c2)n2cccc2)cc1Cl. The number of carbonyl (C=O) groups is 1. The lowest BCUT2D eigenvalue weighted by Gasteiger charge is -2.20. The van der Waals surface area contributed by atoms with E-state index in [9.17, 15) is 4.79 Å². The molecule has 0 saturated heterocycles. The molecular weight excluding hydrogens is 348 g/mol. The van der Waals surface area contributed by atoms with Crippen molar-refractivity contribution >= 4 is 23.2 Å². The van der Waals surface area contributed by atoms with Gasteiger partial charge < -0.3 is 14.6 Å². The number of anilines is 1. The van der Waals surface area contributed by atoms with Crippen LogP contribution >= 0.6 is 11.6 Å². The number of amides is 1. The van der Waals surface area contributed by atoms with Crippen molar-refractivity contribution in [3.63, 3.8) is 0 Å². The third-order valence-electron chi connectivity index (χ3n) is 4.23. The normalized spacial score (nSPS) is 11.8. The van der Waals surface area contributed by atoms with Gasteiger partial charge in [0.05, 0.1) is 24.6 Å². The lowest BCUT2D eigenvalue weighted by atomic mass is 10.0. The lowest BCUT2D eigenvalue weighted by Crippen LogP contribution is -2.19. The van der Waals surface area contributed by atoms with Crippen molar-refractivity contribution in [3.05, 3.63) is 83.1 Å². The quantitative estimate of drug-likeness (QED) is 0.659. The van der Waals surface area contributed by atoms with Crippen LogP contribution in [0.2, 0.25) is 5.02 Å². The summed E-state index contributed by atoms with van der Waals surface area (Å²) in [5.74, 6) is 0.501. The van der Waals surface area contributed by atoms with Crippen molar-refractivity contribution in [2.45, 2.75) is 19.4 Å². The third-order valence-corrected chi connectivity index (χ3v) is 4.52. The predicted molar refractivity (Wildman–Crippen MR) is 105 cm³/mol. The highest BCUT2D eigenvalue weighted by atomic mass is 35.5. The average molecular weight is 369 g/mol. The monoisotopic (exact) mass is 368 g/mol. The summed E-state index contributed by atoms with van der Waals surface area (Å²) in [6.07, 6.45) is 4.27. The highest BCUT2D eigenvalue weighted by molar-refractivity contribution is 6.32. The number of benzene rings is 2. The number of nitrogens with zero attached hydrogens (tertiary/aromatic N) is 1. The first-order chi connectivity index (χ1) is 12.6. The van der Waals surface area contributed by atoms with E-state index in [4.69, 9.17) is 16.3 Å². The zero-order chi connectivity index (χ0) is 18.5. The Hall–Kier alpha value is -2.72. The van der Waals surface area contributed by atoms with Gasteiger partial charge in [-0.05, 0) is 42.8 Å². The molecule has 3 aromatic rings. The standard InChI is InChI=1S/C21H21ClN2O2/c1-15-6-5-7-16(12-15)19(24-10-3-4-11-24)14-21(25)23-17-8-9-20(26-2)18(22)13-17/h3-13,19H,14H2,1-2H3,(H,23,25)/t19-/m1/s1. The van der Waals surface area contributed by atoms with Crippen molar-refractivity contribution < 1.29 is 9.53 Å². The number of halogens is 1. The Bertz CT molecular complexity index is 891. The summed E-state index contributed by atoms with van der Waals surface area (Å²) in [7, 11) is 1.56. The second-order valence-electron chi connectivity index (χ2n) is 6.16. The van der Waals surface area contributed by atoms with Crippen molar-refractivity contribution in [2.24, 2.45) is 0 Å². The molecule has 0 aliphatic rings. The van der Waals surface area contributed by atoms with Gasteiger partial charge in [0.1, 0.15) is 5.75 Å². The van der Waals surface area contributed by atoms with Gasteiger partial charge in [-0.3, -0.25) is 4.79 Å². The number of aryl methyl sites for hydroxylation is 1. The van der Waals surface area contributed by atoms with Gasteiger partial charge in [0.15, 0.2) is 0 Å². The van der Waals surface area contributed by atoms with E-state index in [2.05, 4.69) is 35.0 Å². The molecule has 1 atom stereocenters. The second kappa shape index (κ2) is 8.11. The zero-order valence-corrected chi connectivity index (χ0v) is 15.5. The van der Waals surface area contributed by atoms with Gasteiger partial charge in [-0.1, -0.05) is 41.4 Å². The number of ether oxygens (including phenoxy) is 1. The van der Waals surface area contributed by atoms with E-state index in [1.807, 2.05) is 30.6 Å². The van der Waals surface area contributed by atoms with Gasteiger partial charge >= 0.3 is 0 Å². The maximum absolute atomic E-state index is 12.6. The molecule has 0 aliphatic heterocycles. The Kier molecular flexibility index (Phi) is 5.64. The molecule has 4 nitrogen and oxygen atoms in total. The first-order valence-electron chi connectivity index (χ1n) is 8.39. The van der Waals surface area contributed by atoms with E-state index in [0.29, 0.717) is 22.9 Å². The molecule has 0 spiro atoms. The minimum atomic E-state index is -0.0774. The van der Waals surface area contributed by atoms with Gasteiger partial charge in [-0.2, -0.15) is 0 Å². The molecule has 0 saturated carbocycles. The van der Waals surface area contributed by atoms with Gasteiger partial charge in [-0.25, -0.2) is 0 Å². The Morgan fingerprint density at radius 3 is 2.58 bits per heavy atom. The zero-order valence-electron chi connectivity index (χ0n) is 14.8. The van der Waals surface area contributed by atoms with E-state index in [1.54, 1.807) is 25.3 Å². The number of methoxy groups -OCH3 is 1. The minimum absolute atomic E-state index is 0.0707. The fourth-order valence-corrected chi connectivity index (χ4v) is 3.22. The smallest absolute Gasteiger partial charge is 0.226 e. The number of carbonyl (C=O) groups excluding carboxylic acids is 1. The first kappa shape index (κ1) is 18.1. The third kappa shape index (κ3) is 4.27. The van der Waals surface area contributed by atoms with Gasteiger partial charge in [-0.15, -0.1) is 0 Å². The van der Waals surface area contributed by atoms with Crippen LogP contribution in [0.5, 0.6) is 5.75 Å². The molecule has 2 aromatic carbocycles. The van der Waals surface area contributed by atoms with Crippen molar-refractivity contribution in [3.8, 4) is 5.75 Å². The molecule has 1 aromatic heterocycles. The molecule has 0 unspecified atom stereocenters. The van der Waals surface area contributed by atoms with E-state index in [-0.39, 0.29) is 11.9 Å². The minimum Gasteiger partial charge on any atom is -0.495 e. The molecule has 0 aliphatic carbocycles. The second-order valence-corrected chi connectivity index (χ2v) is 6.57. The average Bonchev–Trinajstić information content (AvgIpc) is 3.14. The van der Waals surface area contributed by atoms with E-state index in [0.717, 1.165) is 5.56 Å². The lowest BCUT2D eigenvalue weighted by molar-refractivity contribution is -0.116. The van der Waals surface area contributed by atoms with Crippen molar-refractivity contribution in [2.75, 3.05) is 12.4 Å². The van der Waals surface area contributed by atoms with E-state index in [1.165, 1.54) is 5.56 Å². The highest BCUT2D eigenvalue weighted by Gasteiger charge is 2.18. The Labute approximate surface area is 158 Å². The van der Waals surface area contributed by atoms with Gasteiger partial charge in [0, 0.05) is 18.1 Å². The molecular formula is C21H21ClN2O2. The Morgan fingerprint density at radius 2 is 1.92 bits per heavy atom.